The standard InChI is InChI=1S/C59H56N2O/c1-57(2)51-6-4-3-5-49(51)50-16-11-43(25-52(50)57)48-18-17-47(55-56(48)62-34-60-55)44-26-53(41-7-12-45(13-8-41)58-28-35-19-36(29-58)21-37(20-35)30-58)61-54(27-44)42-9-14-46(15-10-42)59-31-38-22-39(32-59)24-40(23-38)33-59/h3-18,25-27,34-40H,19-24,28-33H2,1-2H3. The molecule has 5 aromatic carbocycles. The summed E-state index contributed by atoms with van der Waals surface area (Å²) in [6.07, 6.45) is 18.8. The third-order valence-electron chi connectivity index (χ3n) is 18.2. The highest BCUT2D eigenvalue weighted by Gasteiger charge is 2.53. The van der Waals surface area contributed by atoms with Crippen LogP contribution in [-0.2, 0) is 16.2 Å². The molecule has 9 aliphatic carbocycles. The lowest BCUT2D eigenvalue weighted by Crippen LogP contribution is -2.48. The molecule has 3 nitrogen and oxygen atoms in total. The quantitative estimate of drug-likeness (QED) is 0.168. The number of oxazole rings is 1. The van der Waals surface area contributed by atoms with Gasteiger partial charge in [0.25, 0.3) is 0 Å². The summed E-state index contributed by atoms with van der Waals surface area (Å²) in [4.78, 5) is 10.4. The number of hydrogen-bond acceptors (Lipinski definition) is 3. The van der Waals surface area contributed by atoms with Crippen LogP contribution in [0.2, 0.25) is 0 Å². The summed E-state index contributed by atoms with van der Waals surface area (Å²) in [6, 6.07) is 44.3. The van der Waals surface area contributed by atoms with E-state index in [0.717, 1.165) is 80.2 Å². The van der Waals surface area contributed by atoms with E-state index in [9.17, 15) is 0 Å². The predicted molar refractivity (Wildman–Crippen MR) is 251 cm³/mol. The maximum absolute atomic E-state index is 6.33. The van der Waals surface area contributed by atoms with Crippen molar-refractivity contribution in [3.05, 3.63) is 144 Å². The molecule has 0 radical (unpaired) electrons. The fourth-order valence-corrected chi connectivity index (χ4v) is 16.2. The Morgan fingerprint density at radius 3 is 1.47 bits per heavy atom. The molecule has 8 saturated carbocycles. The number of aromatic nitrogens is 2. The van der Waals surface area contributed by atoms with Gasteiger partial charge in [0.2, 0.25) is 0 Å². The number of fused-ring (bicyclic) bond motifs is 4. The van der Waals surface area contributed by atoms with Crippen LogP contribution in [-0.4, -0.2) is 9.97 Å². The molecule has 2 aromatic heterocycles. The topological polar surface area (TPSA) is 38.9 Å². The molecule has 0 spiro atoms. The van der Waals surface area contributed by atoms with Gasteiger partial charge in [-0.2, -0.15) is 0 Å². The summed E-state index contributed by atoms with van der Waals surface area (Å²) >= 11 is 0. The first kappa shape index (κ1) is 36.2. The van der Waals surface area contributed by atoms with E-state index in [2.05, 4.69) is 129 Å². The molecular formula is C59H56N2O. The van der Waals surface area contributed by atoms with E-state index in [1.54, 1.807) is 17.5 Å². The van der Waals surface area contributed by atoms with Gasteiger partial charge in [-0.15, -0.1) is 0 Å². The lowest BCUT2D eigenvalue weighted by molar-refractivity contribution is -0.00530. The van der Waals surface area contributed by atoms with Crippen LogP contribution in [0.15, 0.2) is 126 Å². The molecule has 0 atom stereocenters. The van der Waals surface area contributed by atoms with E-state index < -0.39 is 0 Å². The maximum atomic E-state index is 6.33. The van der Waals surface area contributed by atoms with E-state index >= 15 is 0 Å². The fourth-order valence-electron chi connectivity index (χ4n) is 16.2. The highest BCUT2D eigenvalue weighted by Crippen LogP contribution is 2.62. The van der Waals surface area contributed by atoms with Crippen LogP contribution >= 0.6 is 0 Å². The molecule has 8 fully saturated rings. The highest BCUT2D eigenvalue weighted by atomic mass is 16.3. The van der Waals surface area contributed by atoms with Gasteiger partial charge in [0.05, 0.1) is 11.4 Å². The second kappa shape index (κ2) is 12.9. The number of rotatable bonds is 6. The van der Waals surface area contributed by atoms with Gasteiger partial charge in [0, 0.05) is 27.7 Å². The van der Waals surface area contributed by atoms with Crippen molar-refractivity contribution >= 4 is 11.1 Å². The van der Waals surface area contributed by atoms with Crippen LogP contribution in [0.5, 0.6) is 0 Å². The minimum absolute atomic E-state index is 0.0763. The zero-order valence-electron chi connectivity index (χ0n) is 36.3. The molecule has 9 aliphatic rings. The maximum Gasteiger partial charge on any atom is 0.182 e. The first-order valence-corrected chi connectivity index (χ1v) is 24.1. The second-order valence-corrected chi connectivity index (χ2v) is 22.3. The summed E-state index contributed by atoms with van der Waals surface area (Å²) in [5.74, 6) is 5.60. The molecule has 0 unspecified atom stereocenters. The molecule has 0 aliphatic heterocycles. The number of hydrogen-bond donors (Lipinski definition) is 0. The Kier molecular flexibility index (Phi) is 7.54. The average molecular weight is 809 g/mol. The van der Waals surface area contributed by atoms with Gasteiger partial charge in [-0.3, -0.25) is 0 Å². The summed E-state index contributed by atoms with van der Waals surface area (Å²) in [5.41, 5.74) is 19.8. The Morgan fingerprint density at radius 1 is 0.452 bits per heavy atom. The normalized spacial score (nSPS) is 30.5. The van der Waals surface area contributed by atoms with Crippen LogP contribution in [0.1, 0.15) is 113 Å². The molecule has 0 amide bonds. The summed E-state index contributed by atoms with van der Waals surface area (Å²) < 4.78 is 6.33. The average Bonchev–Trinajstić information content (AvgIpc) is 3.86. The Hall–Kier alpha value is -5.28. The van der Waals surface area contributed by atoms with E-state index in [0.29, 0.717) is 10.8 Å². The second-order valence-electron chi connectivity index (χ2n) is 22.3. The van der Waals surface area contributed by atoms with Crippen molar-refractivity contribution in [1.82, 2.24) is 9.97 Å². The van der Waals surface area contributed by atoms with Gasteiger partial charge in [0.1, 0.15) is 5.52 Å². The van der Waals surface area contributed by atoms with Gasteiger partial charge < -0.3 is 4.42 Å². The molecule has 0 saturated heterocycles. The van der Waals surface area contributed by atoms with Gasteiger partial charge in [0.15, 0.2) is 12.0 Å². The van der Waals surface area contributed by atoms with E-state index in [1.165, 1.54) is 110 Å². The Labute approximate surface area is 366 Å². The lowest BCUT2D eigenvalue weighted by Gasteiger charge is -2.57. The van der Waals surface area contributed by atoms with Gasteiger partial charge in [-0.05, 0) is 192 Å². The van der Waals surface area contributed by atoms with Crippen molar-refractivity contribution in [3.63, 3.8) is 0 Å². The zero-order valence-corrected chi connectivity index (χ0v) is 36.3. The van der Waals surface area contributed by atoms with Crippen molar-refractivity contribution in [2.24, 2.45) is 35.5 Å². The van der Waals surface area contributed by atoms with Crippen LogP contribution < -0.4 is 0 Å². The van der Waals surface area contributed by atoms with Crippen molar-refractivity contribution < 1.29 is 4.42 Å². The molecule has 0 N–H and O–H groups in total. The van der Waals surface area contributed by atoms with E-state index in [-0.39, 0.29) is 5.41 Å². The highest BCUT2D eigenvalue weighted by molar-refractivity contribution is 6.01. The molecule has 16 rings (SSSR count). The molecule has 3 heteroatoms. The summed E-state index contributed by atoms with van der Waals surface area (Å²) in [5, 5.41) is 0. The van der Waals surface area contributed by atoms with Gasteiger partial charge >= 0.3 is 0 Å². The first-order valence-electron chi connectivity index (χ1n) is 24.1. The Morgan fingerprint density at radius 2 is 0.919 bits per heavy atom. The van der Waals surface area contributed by atoms with E-state index in [4.69, 9.17) is 14.4 Å². The molecule has 8 bridgehead atoms. The number of pyridine rings is 1. The van der Waals surface area contributed by atoms with Crippen molar-refractivity contribution in [1.29, 1.82) is 0 Å². The predicted octanol–water partition coefficient (Wildman–Crippen LogP) is 15.1. The minimum atomic E-state index is -0.0763. The molecule has 7 aromatic rings. The van der Waals surface area contributed by atoms with Crippen molar-refractivity contribution in [2.75, 3.05) is 0 Å². The van der Waals surface area contributed by atoms with Gasteiger partial charge in [-0.1, -0.05) is 105 Å². The molecule has 308 valence electrons. The SMILES string of the molecule is CC1(C)c2ccccc2-c2ccc(-c3ccc(-c4cc(-c5ccc(C67CC8CC(CC(C8)C6)C7)cc5)nc(-c5ccc(C67CC8CC(CC(C8)C6)C7)cc5)c4)c4ncoc34)cc21. The molecule has 62 heavy (non-hydrogen) atoms. The monoisotopic (exact) mass is 808 g/mol. The van der Waals surface area contributed by atoms with Crippen LogP contribution in [0, 0.1) is 35.5 Å². The lowest BCUT2D eigenvalue weighted by atomic mass is 9.48. The Bertz CT molecular complexity index is 2770. The van der Waals surface area contributed by atoms with Crippen molar-refractivity contribution in [2.45, 2.75) is 107 Å². The third-order valence-corrected chi connectivity index (χ3v) is 18.2. The van der Waals surface area contributed by atoms with Crippen LogP contribution in [0.4, 0.5) is 0 Å². The van der Waals surface area contributed by atoms with E-state index in [1.807, 2.05) is 0 Å². The molecular weight excluding hydrogens is 753 g/mol. The first-order chi connectivity index (χ1) is 30.3. The summed E-state index contributed by atoms with van der Waals surface area (Å²) in [7, 11) is 0. The van der Waals surface area contributed by atoms with Crippen LogP contribution in [0.3, 0.4) is 0 Å². The fraction of sp³-hybridized carbons (Fsp3) is 0.390. The summed E-state index contributed by atoms with van der Waals surface area (Å²) in [6.45, 7) is 4.70. The smallest absolute Gasteiger partial charge is 0.182 e. The van der Waals surface area contributed by atoms with Crippen molar-refractivity contribution in [3.8, 4) is 55.9 Å². The van der Waals surface area contributed by atoms with Crippen LogP contribution in [0.25, 0.3) is 67.0 Å². The molecule has 2 heterocycles. The third kappa shape index (κ3) is 5.36. The van der Waals surface area contributed by atoms with Gasteiger partial charge in [-0.25, -0.2) is 9.97 Å². The number of nitrogens with zero attached hydrogens (tertiary/aromatic N) is 2. The minimum Gasteiger partial charge on any atom is -0.443 e. The number of benzene rings is 5. The zero-order chi connectivity index (χ0) is 41.0. The Balaban J connectivity index is 0.862. The largest absolute Gasteiger partial charge is 0.443 e.